The number of aryl methyl sites for hydroxylation is 2. The number of hydrogen-bond donors (Lipinski definition) is 1. The van der Waals surface area contributed by atoms with Crippen molar-refractivity contribution in [1.82, 2.24) is 9.97 Å². The molecule has 0 aliphatic carbocycles. The van der Waals surface area contributed by atoms with Crippen molar-refractivity contribution in [3.05, 3.63) is 17.6 Å². The summed E-state index contributed by atoms with van der Waals surface area (Å²) in [6.45, 7) is 4.16. The summed E-state index contributed by atoms with van der Waals surface area (Å²) in [7, 11) is 1.82. The molecule has 1 rings (SSSR count). The summed E-state index contributed by atoms with van der Waals surface area (Å²) in [4.78, 5) is 20.7. The van der Waals surface area contributed by atoms with E-state index in [0.29, 0.717) is 6.54 Å². The SMILES string of the molecule is Cc1cnc(C)c(N(C)CCC(=O)O)n1. The Morgan fingerprint density at radius 1 is 1.53 bits per heavy atom. The molecule has 0 spiro atoms. The van der Waals surface area contributed by atoms with Crippen LogP contribution < -0.4 is 4.90 Å². The number of carboxylic acid groups (broad SMARTS) is 1. The van der Waals surface area contributed by atoms with Crippen molar-refractivity contribution in [2.24, 2.45) is 0 Å². The van der Waals surface area contributed by atoms with Gasteiger partial charge >= 0.3 is 5.97 Å². The fraction of sp³-hybridized carbons (Fsp3) is 0.500. The van der Waals surface area contributed by atoms with E-state index in [4.69, 9.17) is 5.11 Å². The summed E-state index contributed by atoms with van der Waals surface area (Å²) in [5.41, 5.74) is 1.64. The maximum Gasteiger partial charge on any atom is 0.305 e. The molecule has 0 radical (unpaired) electrons. The molecule has 0 unspecified atom stereocenters. The molecule has 0 atom stereocenters. The van der Waals surface area contributed by atoms with E-state index in [-0.39, 0.29) is 6.42 Å². The minimum absolute atomic E-state index is 0.103. The Kier molecular flexibility index (Phi) is 3.60. The molecule has 0 bridgehead atoms. The van der Waals surface area contributed by atoms with Gasteiger partial charge in [-0.3, -0.25) is 9.78 Å². The second-order valence-corrected chi connectivity index (χ2v) is 3.49. The van der Waals surface area contributed by atoms with Gasteiger partial charge in [-0.15, -0.1) is 0 Å². The first-order chi connectivity index (χ1) is 7.00. The first-order valence-electron chi connectivity index (χ1n) is 4.74. The van der Waals surface area contributed by atoms with Crippen LogP contribution in [-0.4, -0.2) is 34.6 Å². The fourth-order valence-corrected chi connectivity index (χ4v) is 1.26. The van der Waals surface area contributed by atoms with Crippen molar-refractivity contribution < 1.29 is 9.90 Å². The predicted molar refractivity (Wildman–Crippen MR) is 57.0 cm³/mol. The molecule has 0 fully saturated rings. The lowest BCUT2D eigenvalue weighted by molar-refractivity contribution is -0.136. The van der Waals surface area contributed by atoms with Crippen molar-refractivity contribution in [3.8, 4) is 0 Å². The number of nitrogens with zero attached hydrogens (tertiary/aromatic N) is 3. The second-order valence-electron chi connectivity index (χ2n) is 3.49. The van der Waals surface area contributed by atoms with Crippen LogP contribution in [0.1, 0.15) is 17.8 Å². The van der Waals surface area contributed by atoms with Gasteiger partial charge in [0, 0.05) is 19.8 Å². The summed E-state index contributed by atoms with van der Waals surface area (Å²) in [6, 6.07) is 0. The Balaban J connectivity index is 2.76. The lowest BCUT2D eigenvalue weighted by Crippen LogP contribution is -2.23. The van der Waals surface area contributed by atoms with Gasteiger partial charge in [0.1, 0.15) is 5.82 Å². The van der Waals surface area contributed by atoms with Crippen LogP contribution in [-0.2, 0) is 4.79 Å². The third-order valence-electron chi connectivity index (χ3n) is 2.07. The number of aliphatic carboxylic acids is 1. The van der Waals surface area contributed by atoms with Crippen LogP contribution in [0.2, 0.25) is 0 Å². The van der Waals surface area contributed by atoms with Crippen LogP contribution in [0.4, 0.5) is 5.82 Å². The maximum absolute atomic E-state index is 10.4. The number of rotatable bonds is 4. The first-order valence-corrected chi connectivity index (χ1v) is 4.74. The number of carboxylic acids is 1. The molecular weight excluding hydrogens is 194 g/mol. The van der Waals surface area contributed by atoms with Crippen molar-refractivity contribution in [3.63, 3.8) is 0 Å². The molecule has 0 amide bonds. The zero-order valence-corrected chi connectivity index (χ0v) is 9.19. The Morgan fingerprint density at radius 3 is 2.80 bits per heavy atom. The summed E-state index contributed by atoms with van der Waals surface area (Å²) >= 11 is 0. The molecule has 15 heavy (non-hydrogen) atoms. The van der Waals surface area contributed by atoms with Crippen LogP contribution in [0.5, 0.6) is 0 Å². The number of aromatic nitrogens is 2. The van der Waals surface area contributed by atoms with Gasteiger partial charge < -0.3 is 10.0 Å². The molecular formula is C10H15N3O2. The lowest BCUT2D eigenvalue weighted by atomic mass is 10.3. The Hall–Kier alpha value is -1.65. The fourth-order valence-electron chi connectivity index (χ4n) is 1.26. The van der Waals surface area contributed by atoms with E-state index in [1.165, 1.54) is 0 Å². The van der Waals surface area contributed by atoms with Crippen LogP contribution in [0.25, 0.3) is 0 Å². The zero-order valence-electron chi connectivity index (χ0n) is 9.19. The molecule has 1 aromatic heterocycles. The standard InChI is InChI=1S/C10H15N3O2/c1-7-6-11-8(2)10(12-7)13(3)5-4-9(14)15/h6H,4-5H2,1-3H3,(H,14,15). The Morgan fingerprint density at radius 2 is 2.20 bits per heavy atom. The largest absolute Gasteiger partial charge is 0.481 e. The highest BCUT2D eigenvalue weighted by Gasteiger charge is 2.09. The second kappa shape index (κ2) is 4.72. The van der Waals surface area contributed by atoms with E-state index in [1.54, 1.807) is 6.20 Å². The summed E-state index contributed by atoms with van der Waals surface area (Å²) < 4.78 is 0. The topological polar surface area (TPSA) is 66.3 Å². The summed E-state index contributed by atoms with van der Waals surface area (Å²) in [6.07, 6.45) is 1.80. The summed E-state index contributed by atoms with van der Waals surface area (Å²) in [5.74, 6) is -0.0589. The third-order valence-corrected chi connectivity index (χ3v) is 2.07. The van der Waals surface area contributed by atoms with Gasteiger partial charge in [-0.2, -0.15) is 0 Å². The molecule has 0 aliphatic rings. The van der Waals surface area contributed by atoms with Crippen LogP contribution >= 0.6 is 0 Å². The molecule has 82 valence electrons. The van der Waals surface area contributed by atoms with Gasteiger partial charge in [-0.25, -0.2) is 4.98 Å². The minimum atomic E-state index is -0.805. The summed E-state index contributed by atoms with van der Waals surface area (Å²) in [5, 5.41) is 8.57. The van der Waals surface area contributed by atoms with E-state index in [9.17, 15) is 4.79 Å². The average Bonchev–Trinajstić information content (AvgIpc) is 2.18. The van der Waals surface area contributed by atoms with Gasteiger partial charge in [0.25, 0.3) is 0 Å². The third kappa shape index (κ3) is 3.19. The molecule has 5 nitrogen and oxygen atoms in total. The highest BCUT2D eigenvalue weighted by Crippen LogP contribution is 2.13. The van der Waals surface area contributed by atoms with E-state index >= 15 is 0 Å². The van der Waals surface area contributed by atoms with Crippen LogP contribution in [0, 0.1) is 13.8 Å². The van der Waals surface area contributed by atoms with Gasteiger partial charge in [-0.1, -0.05) is 0 Å². The monoisotopic (exact) mass is 209 g/mol. The molecule has 0 aliphatic heterocycles. The number of carbonyl (C=O) groups is 1. The molecule has 0 aromatic carbocycles. The van der Waals surface area contributed by atoms with E-state index in [0.717, 1.165) is 17.2 Å². The zero-order chi connectivity index (χ0) is 11.4. The van der Waals surface area contributed by atoms with E-state index < -0.39 is 5.97 Å². The maximum atomic E-state index is 10.4. The van der Waals surface area contributed by atoms with E-state index in [2.05, 4.69) is 9.97 Å². The van der Waals surface area contributed by atoms with E-state index in [1.807, 2.05) is 25.8 Å². The van der Waals surface area contributed by atoms with Crippen molar-refractivity contribution in [2.75, 3.05) is 18.5 Å². The smallest absolute Gasteiger partial charge is 0.305 e. The quantitative estimate of drug-likeness (QED) is 0.801. The van der Waals surface area contributed by atoms with Crippen LogP contribution in [0.15, 0.2) is 6.20 Å². The van der Waals surface area contributed by atoms with Crippen molar-refractivity contribution >= 4 is 11.8 Å². The number of hydrogen-bond acceptors (Lipinski definition) is 4. The minimum Gasteiger partial charge on any atom is -0.481 e. The highest BCUT2D eigenvalue weighted by molar-refractivity contribution is 5.67. The first kappa shape index (κ1) is 11.4. The number of anilines is 1. The molecule has 1 heterocycles. The van der Waals surface area contributed by atoms with Gasteiger partial charge in [-0.05, 0) is 13.8 Å². The van der Waals surface area contributed by atoms with Crippen molar-refractivity contribution in [1.29, 1.82) is 0 Å². The van der Waals surface area contributed by atoms with Crippen LogP contribution in [0.3, 0.4) is 0 Å². The molecule has 5 heteroatoms. The lowest BCUT2D eigenvalue weighted by Gasteiger charge is -2.18. The van der Waals surface area contributed by atoms with Gasteiger partial charge in [0.05, 0.1) is 17.8 Å². The average molecular weight is 209 g/mol. The van der Waals surface area contributed by atoms with Gasteiger partial charge in [0.15, 0.2) is 0 Å². The molecule has 1 N–H and O–H groups in total. The Bertz CT molecular complexity index is 366. The normalized spacial score (nSPS) is 10.1. The predicted octanol–water partition coefficient (Wildman–Crippen LogP) is 1.00. The van der Waals surface area contributed by atoms with Crippen molar-refractivity contribution in [2.45, 2.75) is 20.3 Å². The molecule has 1 aromatic rings. The molecule has 0 saturated heterocycles. The highest BCUT2D eigenvalue weighted by atomic mass is 16.4. The Labute approximate surface area is 88.8 Å². The van der Waals surface area contributed by atoms with Gasteiger partial charge in [0.2, 0.25) is 0 Å². The molecule has 0 saturated carbocycles.